The second-order valence-corrected chi connectivity index (χ2v) is 4.88. The van der Waals surface area contributed by atoms with Gasteiger partial charge in [0, 0.05) is 18.2 Å². The molecule has 1 aromatic carbocycles. The topological polar surface area (TPSA) is 64.3 Å². The molecule has 1 aromatic rings. The SMILES string of the molecule is COc1cc(C(=O)NC(CN)CC(C)C)ccc1F. The zero-order valence-electron chi connectivity index (χ0n) is 11.6. The highest BCUT2D eigenvalue weighted by atomic mass is 19.1. The van der Waals surface area contributed by atoms with Crippen molar-refractivity contribution in [2.24, 2.45) is 11.7 Å². The first-order valence-electron chi connectivity index (χ1n) is 6.32. The molecule has 0 heterocycles. The maximum atomic E-state index is 13.3. The average molecular weight is 268 g/mol. The molecular formula is C14H21FN2O2. The van der Waals surface area contributed by atoms with E-state index in [0.29, 0.717) is 18.0 Å². The summed E-state index contributed by atoms with van der Waals surface area (Å²) in [7, 11) is 1.36. The van der Waals surface area contributed by atoms with Crippen molar-refractivity contribution in [3.8, 4) is 5.75 Å². The standard InChI is InChI=1S/C14H21FN2O2/c1-9(2)6-11(8-16)17-14(18)10-4-5-12(15)13(7-10)19-3/h4-5,7,9,11H,6,8,16H2,1-3H3,(H,17,18). The lowest BCUT2D eigenvalue weighted by atomic mass is 10.0. The summed E-state index contributed by atoms with van der Waals surface area (Å²) in [5.74, 6) is -0.261. The molecule has 1 unspecified atom stereocenters. The summed E-state index contributed by atoms with van der Waals surface area (Å²) in [5, 5.41) is 2.84. The third-order valence-corrected chi connectivity index (χ3v) is 2.79. The van der Waals surface area contributed by atoms with Crippen molar-refractivity contribution < 1.29 is 13.9 Å². The van der Waals surface area contributed by atoms with Crippen LogP contribution in [0.1, 0.15) is 30.6 Å². The molecule has 106 valence electrons. The first kappa shape index (κ1) is 15.4. The quantitative estimate of drug-likeness (QED) is 0.828. The number of hydrogen-bond donors (Lipinski definition) is 2. The van der Waals surface area contributed by atoms with Crippen LogP contribution >= 0.6 is 0 Å². The minimum absolute atomic E-state index is 0.0563. The van der Waals surface area contributed by atoms with Gasteiger partial charge in [-0.25, -0.2) is 4.39 Å². The molecule has 5 heteroatoms. The van der Waals surface area contributed by atoms with Gasteiger partial charge in [0.05, 0.1) is 7.11 Å². The smallest absolute Gasteiger partial charge is 0.251 e. The van der Waals surface area contributed by atoms with E-state index in [2.05, 4.69) is 19.2 Å². The third-order valence-electron chi connectivity index (χ3n) is 2.79. The molecule has 1 rings (SSSR count). The number of methoxy groups -OCH3 is 1. The first-order valence-corrected chi connectivity index (χ1v) is 6.32. The molecule has 0 saturated heterocycles. The number of nitrogens with two attached hydrogens (primary N) is 1. The highest BCUT2D eigenvalue weighted by Gasteiger charge is 2.15. The van der Waals surface area contributed by atoms with Gasteiger partial charge in [0.25, 0.3) is 5.91 Å². The van der Waals surface area contributed by atoms with Gasteiger partial charge in [0.15, 0.2) is 11.6 Å². The Balaban J connectivity index is 2.77. The van der Waals surface area contributed by atoms with Crippen LogP contribution in [0.15, 0.2) is 18.2 Å². The molecule has 0 aliphatic heterocycles. The van der Waals surface area contributed by atoms with Gasteiger partial charge >= 0.3 is 0 Å². The summed E-state index contributed by atoms with van der Waals surface area (Å²) in [6.45, 7) is 4.51. The summed E-state index contributed by atoms with van der Waals surface area (Å²) < 4.78 is 18.1. The molecule has 4 nitrogen and oxygen atoms in total. The highest BCUT2D eigenvalue weighted by molar-refractivity contribution is 5.94. The average Bonchev–Trinajstić information content (AvgIpc) is 2.37. The fourth-order valence-corrected chi connectivity index (χ4v) is 1.85. The molecule has 0 aliphatic carbocycles. The van der Waals surface area contributed by atoms with Crippen molar-refractivity contribution in [2.45, 2.75) is 26.3 Å². The minimum Gasteiger partial charge on any atom is -0.494 e. The largest absolute Gasteiger partial charge is 0.494 e. The lowest BCUT2D eigenvalue weighted by Crippen LogP contribution is -2.41. The molecule has 0 saturated carbocycles. The van der Waals surface area contributed by atoms with E-state index in [1.165, 1.54) is 25.3 Å². The summed E-state index contributed by atoms with van der Waals surface area (Å²) >= 11 is 0. The van der Waals surface area contributed by atoms with Crippen LogP contribution < -0.4 is 15.8 Å². The molecule has 1 atom stereocenters. The molecule has 3 N–H and O–H groups in total. The van der Waals surface area contributed by atoms with Crippen LogP contribution in [0.25, 0.3) is 0 Å². The molecule has 0 aliphatic rings. The number of rotatable bonds is 6. The van der Waals surface area contributed by atoms with Crippen molar-refractivity contribution in [1.29, 1.82) is 0 Å². The lowest BCUT2D eigenvalue weighted by molar-refractivity contribution is 0.0933. The Hall–Kier alpha value is -1.62. The predicted octanol–water partition coefficient (Wildman–Crippen LogP) is 1.94. The monoisotopic (exact) mass is 268 g/mol. The minimum atomic E-state index is -0.489. The fourth-order valence-electron chi connectivity index (χ4n) is 1.85. The van der Waals surface area contributed by atoms with E-state index >= 15 is 0 Å². The van der Waals surface area contributed by atoms with Gasteiger partial charge in [-0.2, -0.15) is 0 Å². The Morgan fingerprint density at radius 3 is 2.68 bits per heavy atom. The number of carbonyl (C=O) groups is 1. The van der Waals surface area contributed by atoms with Crippen molar-refractivity contribution in [2.75, 3.05) is 13.7 Å². The third kappa shape index (κ3) is 4.52. The van der Waals surface area contributed by atoms with Gasteiger partial charge in [0.2, 0.25) is 0 Å². The van der Waals surface area contributed by atoms with Gasteiger partial charge in [0.1, 0.15) is 0 Å². The van der Waals surface area contributed by atoms with Crippen molar-refractivity contribution in [1.82, 2.24) is 5.32 Å². The molecule has 1 amide bonds. The predicted molar refractivity (Wildman–Crippen MR) is 72.7 cm³/mol. The van der Waals surface area contributed by atoms with Crippen LogP contribution in [0, 0.1) is 11.7 Å². The summed E-state index contributed by atoms with van der Waals surface area (Å²) in [6, 6.07) is 3.95. The van der Waals surface area contributed by atoms with Gasteiger partial charge in [-0.05, 0) is 30.5 Å². The zero-order chi connectivity index (χ0) is 14.4. The maximum absolute atomic E-state index is 13.3. The van der Waals surface area contributed by atoms with Crippen molar-refractivity contribution >= 4 is 5.91 Å². The number of ether oxygens (including phenoxy) is 1. The Labute approximate surface area is 113 Å². The Morgan fingerprint density at radius 2 is 2.16 bits per heavy atom. The number of benzene rings is 1. The Bertz CT molecular complexity index is 435. The maximum Gasteiger partial charge on any atom is 0.251 e. The fraction of sp³-hybridized carbons (Fsp3) is 0.500. The van der Waals surface area contributed by atoms with Gasteiger partial charge in [-0.1, -0.05) is 13.8 Å². The van der Waals surface area contributed by atoms with E-state index in [1.807, 2.05) is 0 Å². The van der Waals surface area contributed by atoms with Gasteiger partial charge in [-0.15, -0.1) is 0 Å². The molecule has 0 aromatic heterocycles. The Morgan fingerprint density at radius 1 is 1.47 bits per heavy atom. The number of carbonyl (C=O) groups excluding carboxylic acids is 1. The van der Waals surface area contributed by atoms with Crippen molar-refractivity contribution in [3.63, 3.8) is 0 Å². The lowest BCUT2D eigenvalue weighted by Gasteiger charge is -2.19. The van der Waals surface area contributed by atoms with Crippen LogP contribution in [0.5, 0.6) is 5.75 Å². The number of halogens is 1. The van der Waals surface area contributed by atoms with Crippen LogP contribution in [-0.4, -0.2) is 25.6 Å². The number of hydrogen-bond acceptors (Lipinski definition) is 3. The van der Waals surface area contributed by atoms with Gasteiger partial charge < -0.3 is 15.8 Å². The van der Waals surface area contributed by atoms with Crippen LogP contribution in [0.4, 0.5) is 4.39 Å². The number of nitrogens with one attached hydrogen (secondary N) is 1. The van der Waals surface area contributed by atoms with Gasteiger partial charge in [-0.3, -0.25) is 4.79 Å². The molecule has 0 radical (unpaired) electrons. The molecule has 0 fully saturated rings. The normalized spacial score (nSPS) is 12.3. The first-order chi connectivity index (χ1) is 8.97. The molecule has 0 spiro atoms. The van der Waals surface area contributed by atoms with Crippen LogP contribution in [-0.2, 0) is 0 Å². The van der Waals surface area contributed by atoms with E-state index in [1.54, 1.807) is 0 Å². The second kappa shape index (κ2) is 7.09. The van der Waals surface area contributed by atoms with Crippen LogP contribution in [0.3, 0.4) is 0 Å². The summed E-state index contributed by atoms with van der Waals surface area (Å²) in [6.07, 6.45) is 0.806. The Kier molecular flexibility index (Phi) is 5.76. The van der Waals surface area contributed by atoms with E-state index in [0.717, 1.165) is 6.42 Å². The van der Waals surface area contributed by atoms with E-state index in [9.17, 15) is 9.18 Å². The summed E-state index contributed by atoms with van der Waals surface area (Å²) in [4.78, 5) is 12.0. The molecular weight excluding hydrogens is 247 g/mol. The summed E-state index contributed by atoms with van der Waals surface area (Å²) in [5.41, 5.74) is 5.99. The van der Waals surface area contributed by atoms with E-state index < -0.39 is 5.82 Å². The zero-order valence-corrected chi connectivity index (χ0v) is 11.6. The van der Waals surface area contributed by atoms with E-state index in [4.69, 9.17) is 10.5 Å². The molecule has 0 bridgehead atoms. The second-order valence-electron chi connectivity index (χ2n) is 4.88. The molecule has 19 heavy (non-hydrogen) atoms. The van der Waals surface area contributed by atoms with E-state index in [-0.39, 0.29) is 17.7 Å². The van der Waals surface area contributed by atoms with Crippen molar-refractivity contribution in [3.05, 3.63) is 29.6 Å². The van der Waals surface area contributed by atoms with Crippen LogP contribution in [0.2, 0.25) is 0 Å². The highest BCUT2D eigenvalue weighted by Crippen LogP contribution is 2.18. The number of amides is 1.